The van der Waals surface area contributed by atoms with E-state index in [2.05, 4.69) is 6.58 Å². The fraction of sp³-hybridized carbons (Fsp3) is 0.800. The molecule has 14 heavy (non-hydrogen) atoms. The second kappa shape index (κ2) is 4.34. The summed E-state index contributed by atoms with van der Waals surface area (Å²) in [6, 6.07) is 0. The maximum absolute atomic E-state index is 12.4. The zero-order valence-electron chi connectivity index (χ0n) is 7.93. The molecule has 0 spiro atoms. The van der Waals surface area contributed by atoms with Crippen molar-refractivity contribution < 1.29 is 18.3 Å². The van der Waals surface area contributed by atoms with E-state index in [9.17, 15) is 18.3 Å². The molecule has 0 amide bonds. The third kappa shape index (κ3) is 2.74. The Labute approximate surface area is 81.6 Å². The van der Waals surface area contributed by atoms with E-state index < -0.39 is 18.2 Å². The number of alkyl halides is 3. The van der Waals surface area contributed by atoms with Gasteiger partial charge in [0.2, 0.25) is 0 Å². The van der Waals surface area contributed by atoms with Gasteiger partial charge in [-0.2, -0.15) is 13.2 Å². The summed E-state index contributed by atoms with van der Waals surface area (Å²) in [4.78, 5) is 0. The van der Waals surface area contributed by atoms with Crippen molar-refractivity contribution in [2.45, 2.75) is 38.0 Å². The molecule has 1 aliphatic carbocycles. The standard InChI is InChI=1S/C10H15F3O/c1-2-9(14)7-4-3-5-8(6-7)10(11,12)13/h2,7-9,14H,1,3-6H2. The van der Waals surface area contributed by atoms with Crippen molar-refractivity contribution in [3.05, 3.63) is 12.7 Å². The first-order chi connectivity index (χ1) is 6.45. The highest BCUT2D eigenvalue weighted by Crippen LogP contribution is 2.40. The topological polar surface area (TPSA) is 20.2 Å². The average molecular weight is 208 g/mol. The number of hydrogen-bond acceptors (Lipinski definition) is 1. The van der Waals surface area contributed by atoms with Crippen molar-refractivity contribution >= 4 is 0 Å². The van der Waals surface area contributed by atoms with Crippen LogP contribution < -0.4 is 0 Å². The Hall–Kier alpha value is -0.510. The summed E-state index contributed by atoms with van der Waals surface area (Å²) in [6.45, 7) is 3.39. The van der Waals surface area contributed by atoms with E-state index in [1.165, 1.54) is 6.08 Å². The van der Waals surface area contributed by atoms with Crippen molar-refractivity contribution in [1.29, 1.82) is 0 Å². The third-order valence-electron chi connectivity index (χ3n) is 2.90. The van der Waals surface area contributed by atoms with Gasteiger partial charge in [0.25, 0.3) is 0 Å². The summed E-state index contributed by atoms with van der Waals surface area (Å²) in [7, 11) is 0. The lowest BCUT2D eigenvalue weighted by atomic mass is 9.78. The first kappa shape index (κ1) is 11.6. The summed E-state index contributed by atoms with van der Waals surface area (Å²) >= 11 is 0. The van der Waals surface area contributed by atoms with Crippen LogP contribution in [0, 0.1) is 11.8 Å². The maximum atomic E-state index is 12.4. The molecule has 82 valence electrons. The van der Waals surface area contributed by atoms with Crippen LogP contribution in [0.5, 0.6) is 0 Å². The number of aliphatic hydroxyl groups is 1. The van der Waals surface area contributed by atoms with Gasteiger partial charge in [-0.1, -0.05) is 12.5 Å². The molecule has 0 aromatic heterocycles. The summed E-state index contributed by atoms with van der Waals surface area (Å²) < 4.78 is 37.1. The summed E-state index contributed by atoms with van der Waals surface area (Å²) in [6.07, 6.45) is -2.14. The molecule has 0 radical (unpaired) electrons. The zero-order valence-corrected chi connectivity index (χ0v) is 7.93. The first-order valence-electron chi connectivity index (χ1n) is 4.82. The molecule has 1 saturated carbocycles. The Morgan fingerprint density at radius 3 is 2.50 bits per heavy atom. The van der Waals surface area contributed by atoms with E-state index in [1.807, 2.05) is 0 Å². The number of halogens is 3. The van der Waals surface area contributed by atoms with Gasteiger partial charge >= 0.3 is 6.18 Å². The summed E-state index contributed by atoms with van der Waals surface area (Å²) in [5.74, 6) is -1.51. The van der Waals surface area contributed by atoms with Crippen LogP contribution in [0.2, 0.25) is 0 Å². The van der Waals surface area contributed by atoms with E-state index >= 15 is 0 Å². The predicted octanol–water partition coefficient (Wildman–Crippen LogP) is 2.90. The Balaban J connectivity index is 2.56. The molecule has 4 heteroatoms. The van der Waals surface area contributed by atoms with E-state index in [1.54, 1.807) is 0 Å². The monoisotopic (exact) mass is 208 g/mol. The summed E-state index contributed by atoms with van der Waals surface area (Å²) in [5.41, 5.74) is 0. The Bertz CT molecular complexity index is 200. The predicted molar refractivity (Wildman–Crippen MR) is 47.7 cm³/mol. The quantitative estimate of drug-likeness (QED) is 0.692. The Kier molecular flexibility index (Phi) is 3.59. The zero-order chi connectivity index (χ0) is 10.8. The molecule has 0 aromatic rings. The van der Waals surface area contributed by atoms with E-state index in [0.717, 1.165) is 0 Å². The van der Waals surface area contributed by atoms with Crippen molar-refractivity contribution in [2.24, 2.45) is 11.8 Å². The molecule has 0 aromatic carbocycles. The highest BCUT2D eigenvalue weighted by molar-refractivity contribution is 4.89. The van der Waals surface area contributed by atoms with Crippen LogP contribution in [-0.4, -0.2) is 17.4 Å². The number of rotatable bonds is 2. The summed E-state index contributed by atoms with van der Waals surface area (Å²) in [5, 5.41) is 9.38. The normalized spacial score (nSPS) is 31.1. The van der Waals surface area contributed by atoms with Crippen molar-refractivity contribution in [3.8, 4) is 0 Å². The van der Waals surface area contributed by atoms with Gasteiger partial charge < -0.3 is 5.11 Å². The second-order valence-corrected chi connectivity index (χ2v) is 3.89. The molecule has 1 aliphatic rings. The van der Waals surface area contributed by atoms with E-state index in [-0.39, 0.29) is 18.8 Å². The maximum Gasteiger partial charge on any atom is 0.391 e. The van der Waals surface area contributed by atoms with Gasteiger partial charge in [0.15, 0.2) is 0 Å². The van der Waals surface area contributed by atoms with Gasteiger partial charge in [-0.15, -0.1) is 6.58 Å². The Morgan fingerprint density at radius 2 is 2.00 bits per heavy atom. The molecule has 0 saturated heterocycles. The fourth-order valence-electron chi connectivity index (χ4n) is 2.03. The van der Waals surface area contributed by atoms with Crippen LogP contribution in [0.4, 0.5) is 13.2 Å². The van der Waals surface area contributed by atoms with Gasteiger partial charge in [0.05, 0.1) is 12.0 Å². The van der Waals surface area contributed by atoms with Crippen LogP contribution in [-0.2, 0) is 0 Å². The molecular weight excluding hydrogens is 193 g/mol. The van der Waals surface area contributed by atoms with Gasteiger partial charge in [0.1, 0.15) is 0 Å². The van der Waals surface area contributed by atoms with Gasteiger partial charge in [-0.05, 0) is 25.2 Å². The van der Waals surface area contributed by atoms with Crippen LogP contribution in [0.3, 0.4) is 0 Å². The lowest BCUT2D eigenvalue weighted by molar-refractivity contribution is -0.187. The molecule has 0 aliphatic heterocycles. The molecular formula is C10H15F3O. The molecule has 1 nitrogen and oxygen atoms in total. The minimum atomic E-state index is -4.11. The number of aliphatic hydroxyl groups excluding tert-OH is 1. The van der Waals surface area contributed by atoms with Crippen molar-refractivity contribution in [1.82, 2.24) is 0 Å². The van der Waals surface area contributed by atoms with E-state index in [4.69, 9.17) is 0 Å². The minimum absolute atomic E-state index is 0.0384. The van der Waals surface area contributed by atoms with Gasteiger partial charge in [0, 0.05) is 0 Å². The third-order valence-corrected chi connectivity index (χ3v) is 2.90. The van der Waals surface area contributed by atoms with Crippen LogP contribution in [0.1, 0.15) is 25.7 Å². The lowest BCUT2D eigenvalue weighted by Crippen LogP contribution is -2.32. The molecule has 0 heterocycles. The average Bonchev–Trinajstić information content (AvgIpc) is 2.15. The molecule has 0 bridgehead atoms. The minimum Gasteiger partial charge on any atom is -0.389 e. The van der Waals surface area contributed by atoms with E-state index in [0.29, 0.717) is 12.8 Å². The fourth-order valence-corrected chi connectivity index (χ4v) is 2.03. The molecule has 1 rings (SSSR count). The highest BCUT2D eigenvalue weighted by atomic mass is 19.4. The van der Waals surface area contributed by atoms with Crippen molar-refractivity contribution in [2.75, 3.05) is 0 Å². The highest BCUT2D eigenvalue weighted by Gasteiger charge is 2.42. The van der Waals surface area contributed by atoms with Gasteiger partial charge in [-0.3, -0.25) is 0 Å². The van der Waals surface area contributed by atoms with Crippen molar-refractivity contribution in [3.63, 3.8) is 0 Å². The number of hydrogen-bond donors (Lipinski definition) is 1. The molecule has 3 atom stereocenters. The van der Waals surface area contributed by atoms with Gasteiger partial charge in [-0.25, -0.2) is 0 Å². The van der Waals surface area contributed by atoms with Crippen LogP contribution >= 0.6 is 0 Å². The largest absolute Gasteiger partial charge is 0.391 e. The van der Waals surface area contributed by atoms with Crippen LogP contribution in [0.15, 0.2) is 12.7 Å². The molecule has 1 N–H and O–H groups in total. The van der Waals surface area contributed by atoms with Crippen LogP contribution in [0.25, 0.3) is 0 Å². The SMILES string of the molecule is C=CC(O)C1CCCC(C(F)(F)F)C1. The second-order valence-electron chi connectivity index (χ2n) is 3.89. The lowest BCUT2D eigenvalue weighted by Gasteiger charge is -2.32. The first-order valence-corrected chi connectivity index (χ1v) is 4.82. The smallest absolute Gasteiger partial charge is 0.389 e. The Morgan fingerprint density at radius 1 is 1.36 bits per heavy atom. The molecule has 3 unspecified atom stereocenters. The molecule has 1 fully saturated rings.